The normalized spacial score (nSPS) is 13.6. The van der Waals surface area contributed by atoms with Crippen LogP contribution in [-0.2, 0) is 25.2 Å². The van der Waals surface area contributed by atoms with Crippen molar-refractivity contribution in [1.29, 1.82) is 0 Å². The van der Waals surface area contributed by atoms with Gasteiger partial charge in [0.15, 0.2) is 5.69 Å². The maximum absolute atomic E-state index is 13.5. The summed E-state index contributed by atoms with van der Waals surface area (Å²) in [5, 5.41) is 25.9. The number of carbonyl (C=O) groups excluding carboxylic acids is 5. The largest absolute Gasteiger partial charge is 0.477 e. The number of benzene rings is 5. The molecule has 0 saturated heterocycles. The Labute approximate surface area is 542 Å². The van der Waals surface area contributed by atoms with Crippen molar-refractivity contribution in [2.75, 3.05) is 30.3 Å². The molecule has 22 nitrogen and oxygen atoms in total. The molecule has 16 rings (SSSR count). The summed E-state index contributed by atoms with van der Waals surface area (Å²) in [7, 11) is 0. The molecule has 5 aromatic carbocycles. The number of carboxylic acids is 1. The molecule has 0 fully saturated rings. The number of H-pyrrole nitrogens is 1. The van der Waals surface area contributed by atoms with Crippen LogP contribution in [-0.4, -0.2) is 108 Å². The summed E-state index contributed by atoms with van der Waals surface area (Å²) >= 11 is 0. The molecule has 8 aromatic heterocycles. The van der Waals surface area contributed by atoms with Gasteiger partial charge < -0.3 is 54.9 Å². The van der Waals surface area contributed by atoms with Gasteiger partial charge in [-0.05, 0) is 115 Å². The zero-order valence-corrected chi connectivity index (χ0v) is 51.1. The first-order valence-corrected chi connectivity index (χ1v) is 31.1. The summed E-state index contributed by atoms with van der Waals surface area (Å²) in [5.74, 6) is -2.06. The molecule has 0 radical (unpaired) electrons. The lowest BCUT2D eigenvalue weighted by Gasteiger charge is -2.37. The summed E-state index contributed by atoms with van der Waals surface area (Å²) in [6.45, 7) is 3.87. The molecule has 0 unspecified atom stereocenters. The van der Waals surface area contributed by atoms with Crippen LogP contribution >= 0.6 is 0 Å². The fraction of sp³-hybridized carbons (Fsp3) is 0.137. The third kappa shape index (κ3) is 11.9. The Hall–Kier alpha value is -12.6. The molecule has 95 heavy (non-hydrogen) atoms. The lowest BCUT2D eigenvalue weighted by Crippen LogP contribution is -2.36. The number of carbonyl (C=O) groups is 6. The summed E-state index contributed by atoms with van der Waals surface area (Å²) in [6.07, 6.45) is 9.71. The van der Waals surface area contributed by atoms with Crippen LogP contribution in [0, 0.1) is 0 Å². The van der Waals surface area contributed by atoms with Crippen LogP contribution in [0.3, 0.4) is 0 Å². The minimum Gasteiger partial charge on any atom is -0.477 e. The molecule has 0 atom stereocenters. The van der Waals surface area contributed by atoms with Gasteiger partial charge in [-0.25, -0.2) is 29.7 Å². The Balaban J connectivity index is 0.000000139. The molecule has 3 aliphatic rings. The Kier molecular flexibility index (Phi) is 16.4. The number of nitrogens with zero attached hydrogens (tertiary/aromatic N) is 9. The van der Waals surface area contributed by atoms with E-state index in [0.717, 1.165) is 74.6 Å². The Morgan fingerprint density at radius 3 is 1.33 bits per heavy atom. The van der Waals surface area contributed by atoms with E-state index in [2.05, 4.69) is 135 Å². The minimum atomic E-state index is -1.06. The van der Waals surface area contributed by atoms with Crippen molar-refractivity contribution >= 4 is 80.0 Å². The Morgan fingerprint density at radius 1 is 0.474 bits per heavy atom. The number of aromatic nitrogens is 10. The minimum absolute atomic E-state index is 0.00643. The number of aromatic amines is 1. The number of fused-ring (bicyclic) bond motifs is 9. The molecule has 5 amide bonds. The fourth-order valence-corrected chi connectivity index (χ4v) is 12.6. The van der Waals surface area contributed by atoms with Gasteiger partial charge in [0, 0.05) is 84.1 Å². The molecule has 13 aromatic rings. The van der Waals surface area contributed by atoms with Crippen LogP contribution in [0.2, 0.25) is 0 Å². The SMILES string of the molecule is O=C(Nc1cccc(-c2cn(C(c3ccccc3)(c3ccccc3)c3ccccc3)cn2)c1)c1ccc2cc3n(c2n1)CCCNC3=O.O=C(Nc1cccc(-c2cnc[nH]2)c1)c1ccc2cc3n(c2n1)CCCNC3=O.O=C(O)c1ccc2cc3n(c2n1)CCCNC3=O. The molecule has 0 bridgehead atoms. The molecule has 0 saturated carbocycles. The van der Waals surface area contributed by atoms with Gasteiger partial charge in [0.05, 0.1) is 30.2 Å². The van der Waals surface area contributed by atoms with Gasteiger partial charge in [-0.15, -0.1) is 0 Å². The van der Waals surface area contributed by atoms with Crippen LogP contribution in [0.1, 0.15) is 98.9 Å². The maximum Gasteiger partial charge on any atom is 0.354 e. The van der Waals surface area contributed by atoms with Gasteiger partial charge in [-0.1, -0.05) is 115 Å². The fourth-order valence-electron chi connectivity index (χ4n) is 12.6. The van der Waals surface area contributed by atoms with Crippen LogP contribution in [0.15, 0.2) is 219 Å². The van der Waals surface area contributed by atoms with Gasteiger partial charge in [-0.3, -0.25) is 24.0 Å². The number of hydrogen-bond acceptors (Lipinski definition) is 11. The highest BCUT2D eigenvalue weighted by molar-refractivity contribution is 6.06. The van der Waals surface area contributed by atoms with Gasteiger partial charge in [0.2, 0.25) is 0 Å². The average molecular weight is 1260 g/mol. The molecular weight excluding hydrogens is 1200 g/mol. The number of hydrogen-bond donors (Lipinski definition) is 7. The first kappa shape index (κ1) is 60.0. The van der Waals surface area contributed by atoms with Gasteiger partial charge in [-0.2, -0.15) is 0 Å². The monoisotopic (exact) mass is 1260 g/mol. The van der Waals surface area contributed by atoms with Gasteiger partial charge >= 0.3 is 5.97 Å². The highest BCUT2D eigenvalue weighted by Gasteiger charge is 2.38. The Morgan fingerprint density at radius 2 is 0.895 bits per heavy atom. The van der Waals surface area contributed by atoms with Crippen molar-refractivity contribution in [1.82, 2.24) is 64.1 Å². The molecule has 470 valence electrons. The van der Waals surface area contributed by atoms with E-state index in [4.69, 9.17) is 10.1 Å². The number of aromatic carboxylic acids is 1. The van der Waals surface area contributed by atoms with E-state index in [0.29, 0.717) is 90.4 Å². The summed E-state index contributed by atoms with van der Waals surface area (Å²) in [5.41, 5.74) is 11.5. The van der Waals surface area contributed by atoms with Crippen molar-refractivity contribution in [3.63, 3.8) is 0 Å². The molecule has 3 aliphatic heterocycles. The molecular formula is C73H61N15O7. The third-order valence-electron chi connectivity index (χ3n) is 17.0. The molecule has 0 spiro atoms. The van der Waals surface area contributed by atoms with Gasteiger partial charge in [0.25, 0.3) is 29.5 Å². The number of amides is 5. The number of carboxylic acid groups (broad SMARTS) is 1. The third-order valence-corrected chi connectivity index (χ3v) is 17.0. The molecule has 0 aliphatic carbocycles. The highest BCUT2D eigenvalue weighted by atomic mass is 16.4. The van der Waals surface area contributed by atoms with E-state index in [-0.39, 0.29) is 40.9 Å². The number of pyridine rings is 3. The maximum atomic E-state index is 13.5. The summed E-state index contributed by atoms with van der Waals surface area (Å²) < 4.78 is 7.73. The zero-order valence-electron chi connectivity index (χ0n) is 51.1. The quantitative estimate of drug-likeness (QED) is 0.0596. The van der Waals surface area contributed by atoms with Crippen molar-refractivity contribution in [3.05, 3.63) is 270 Å². The Bertz CT molecular complexity index is 4980. The van der Waals surface area contributed by atoms with E-state index >= 15 is 0 Å². The first-order chi connectivity index (χ1) is 46.5. The number of rotatable bonds is 11. The molecule has 7 N–H and O–H groups in total. The van der Waals surface area contributed by atoms with Crippen molar-refractivity contribution < 1.29 is 33.9 Å². The number of nitrogens with one attached hydrogen (secondary N) is 6. The van der Waals surface area contributed by atoms with Crippen LogP contribution in [0.5, 0.6) is 0 Å². The number of anilines is 2. The van der Waals surface area contributed by atoms with Crippen molar-refractivity contribution in [2.45, 2.75) is 44.4 Å². The second-order valence-electron chi connectivity index (χ2n) is 23.0. The predicted octanol–water partition coefficient (Wildman–Crippen LogP) is 10.8. The standard InChI is InChI=1S/C40H32N6O2.C21H18N6O2.C12H11N3O3/c47-38(34-21-20-29-25-36-39(48)41-22-11-23-46(36)37(29)44-34)43-33-19-10-12-28(24-33)35-26-45(27-42-35)40(30-13-4-1-5-14-30,31-15-6-2-7-16-31)32-17-8-3-9-18-32;28-20(25-15-4-1-3-13(9-15)17-11-22-12-24-17)16-6-5-14-10-18-21(29)23-7-2-8-27(18)19(14)26-16;16-11-9-6-7-2-3-8(12(17)18)14-10(7)15(9)5-1-4-13-11/h1-10,12-21,24-27H,11,22-23H2,(H,41,48)(H,43,47);1,3-6,9-12H,2,7-8H2,(H,22,24)(H,23,29)(H,25,28);2-3,6H,1,4-5H2,(H,13,16)(H,17,18). The summed E-state index contributed by atoms with van der Waals surface area (Å²) in [4.78, 5) is 99.0. The second-order valence-corrected chi connectivity index (χ2v) is 23.0. The van der Waals surface area contributed by atoms with Crippen molar-refractivity contribution in [3.8, 4) is 22.5 Å². The second kappa shape index (κ2) is 26.0. The smallest absolute Gasteiger partial charge is 0.354 e. The average Bonchev–Trinajstić information content (AvgIpc) is 1.67. The van der Waals surface area contributed by atoms with Crippen LogP contribution in [0.25, 0.3) is 55.6 Å². The first-order valence-electron chi connectivity index (χ1n) is 31.1. The van der Waals surface area contributed by atoms with Crippen LogP contribution in [0.4, 0.5) is 11.4 Å². The van der Waals surface area contributed by atoms with Crippen molar-refractivity contribution in [2.24, 2.45) is 0 Å². The zero-order chi connectivity index (χ0) is 65.0. The van der Waals surface area contributed by atoms with E-state index in [9.17, 15) is 28.8 Å². The van der Waals surface area contributed by atoms with E-state index in [1.807, 2.05) is 106 Å². The highest BCUT2D eigenvalue weighted by Crippen LogP contribution is 2.42. The van der Waals surface area contributed by atoms with Gasteiger partial charge in [0.1, 0.15) is 51.0 Å². The molecule has 11 heterocycles. The lowest BCUT2D eigenvalue weighted by atomic mass is 9.77. The van der Waals surface area contributed by atoms with E-state index in [1.54, 1.807) is 41.4 Å². The number of imidazole rings is 2. The topological polar surface area (TPSA) is 283 Å². The van der Waals surface area contributed by atoms with E-state index in [1.165, 1.54) is 6.07 Å². The predicted molar refractivity (Wildman–Crippen MR) is 359 cm³/mol. The summed E-state index contributed by atoms with van der Waals surface area (Å²) in [6, 6.07) is 62.1. The molecule has 22 heteroatoms. The van der Waals surface area contributed by atoms with Crippen LogP contribution < -0.4 is 26.6 Å². The lowest BCUT2D eigenvalue weighted by molar-refractivity contribution is 0.0689. The number of aryl methyl sites for hydroxylation is 3. The van der Waals surface area contributed by atoms with E-state index < -0.39 is 11.5 Å².